The van der Waals surface area contributed by atoms with Gasteiger partial charge in [0.15, 0.2) is 11.5 Å². The average molecular weight is 259 g/mol. The summed E-state index contributed by atoms with van der Waals surface area (Å²) in [6, 6.07) is 7.06. The van der Waals surface area contributed by atoms with Gasteiger partial charge in [-0.2, -0.15) is 5.26 Å². The lowest BCUT2D eigenvalue weighted by Gasteiger charge is -2.09. The summed E-state index contributed by atoms with van der Waals surface area (Å²) >= 11 is 0. The molecule has 0 saturated heterocycles. The highest BCUT2D eigenvalue weighted by Crippen LogP contribution is 2.29. The first-order valence-corrected chi connectivity index (χ1v) is 6.16. The van der Waals surface area contributed by atoms with E-state index in [0.717, 1.165) is 18.4 Å². The molecule has 0 aliphatic heterocycles. The van der Waals surface area contributed by atoms with Gasteiger partial charge in [-0.1, -0.05) is 19.4 Å². The summed E-state index contributed by atoms with van der Waals surface area (Å²) in [5, 5.41) is 8.47. The molecule has 0 heterocycles. The summed E-state index contributed by atoms with van der Waals surface area (Å²) in [6.45, 7) is 2.02. The summed E-state index contributed by atoms with van der Waals surface area (Å²) in [6.07, 6.45) is 5.19. The van der Waals surface area contributed by atoms with Crippen molar-refractivity contribution in [3.05, 3.63) is 29.8 Å². The molecule has 1 aromatic rings. The number of allylic oxidation sites excluding steroid dienone is 1. The molecule has 1 aromatic carbocycles. The summed E-state index contributed by atoms with van der Waals surface area (Å²) in [5.74, 6) is 0.614. The number of nitrogens with zero attached hydrogens (tertiary/aromatic N) is 1. The number of rotatable bonds is 6. The number of hydrogen-bond acceptors (Lipinski definition) is 4. The van der Waals surface area contributed by atoms with Crippen molar-refractivity contribution in [1.82, 2.24) is 0 Å². The van der Waals surface area contributed by atoms with Crippen molar-refractivity contribution in [3.8, 4) is 17.6 Å². The molecule has 0 aromatic heterocycles. The zero-order valence-corrected chi connectivity index (χ0v) is 11.2. The third kappa shape index (κ3) is 4.84. The minimum Gasteiger partial charge on any atom is -0.493 e. The first-order valence-electron chi connectivity index (χ1n) is 6.16. The Labute approximate surface area is 113 Å². The summed E-state index contributed by atoms with van der Waals surface area (Å²) < 4.78 is 10.4. The molecule has 0 aliphatic carbocycles. The van der Waals surface area contributed by atoms with E-state index >= 15 is 0 Å². The largest absolute Gasteiger partial charge is 0.493 e. The lowest BCUT2D eigenvalue weighted by atomic mass is 10.2. The highest BCUT2D eigenvalue weighted by molar-refractivity contribution is 5.73. The lowest BCUT2D eigenvalue weighted by Crippen LogP contribution is -2.08. The maximum atomic E-state index is 11.6. The van der Waals surface area contributed by atoms with Gasteiger partial charge in [-0.15, -0.1) is 0 Å². The van der Waals surface area contributed by atoms with E-state index in [0.29, 0.717) is 17.9 Å². The van der Waals surface area contributed by atoms with Crippen LogP contribution in [0.25, 0.3) is 6.08 Å². The third-order valence-corrected chi connectivity index (χ3v) is 2.50. The Kier molecular flexibility index (Phi) is 6.17. The second-order valence-corrected chi connectivity index (χ2v) is 3.95. The fraction of sp³-hybridized carbons (Fsp3) is 0.333. The van der Waals surface area contributed by atoms with Crippen LogP contribution in [0.1, 0.15) is 31.7 Å². The van der Waals surface area contributed by atoms with Crippen LogP contribution in [0.15, 0.2) is 24.3 Å². The van der Waals surface area contributed by atoms with Crippen LogP contribution in [-0.2, 0) is 4.79 Å². The molecule has 0 bridgehead atoms. The third-order valence-electron chi connectivity index (χ3n) is 2.50. The Morgan fingerprint density at radius 1 is 1.42 bits per heavy atom. The van der Waals surface area contributed by atoms with E-state index in [9.17, 15) is 4.79 Å². The van der Waals surface area contributed by atoms with Crippen LogP contribution in [0.5, 0.6) is 11.5 Å². The molecule has 0 radical (unpaired) electrons. The van der Waals surface area contributed by atoms with Gasteiger partial charge in [0.25, 0.3) is 0 Å². The number of carbonyl (C=O) groups excluding carboxylic acids is 1. The molecule has 0 N–H and O–H groups in total. The monoisotopic (exact) mass is 259 g/mol. The van der Waals surface area contributed by atoms with Crippen molar-refractivity contribution in [1.29, 1.82) is 5.26 Å². The number of hydrogen-bond donors (Lipinski definition) is 0. The minimum absolute atomic E-state index is 0.263. The Balaban J connectivity index is 2.81. The highest BCUT2D eigenvalue weighted by Gasteiger charge is 2.09. The summed E-state index contributed by atoms with van der Waals surface area (Å²) in [7, 11) is 1.51. The van der Waals surface area contributed by atoms with Gasteiger partial charge in [0.05, 0.1) is 13.2 Å². The predicted octanol–water partition coefficient (Wildman–Crippen LogP) is 3.33. The van der Waals surface area contributed by atoms with E-state index in [1.165, 1.54) is 13.2 Å². The molecule has 4 nitrogen and oxygen atoms in total. The van der Waals surface area contributed by atoms with Crippen LogP contribution in [-0.4, -0.2) is 13.1 Å². The molecule has 0 aliphatic rings. The van der Waals surface area contributed by atoms with Gasteiger partial charge in [0.2, 0.25) is 0 Å². The maximum absolute atomic E-state index is 11.6. The van der Waals surface area contributed by atoms with E-state index in [2.05, 4.69) is 0 Å². The van der Waals surface area contributed by atoms with E-state index < -0.39 is 0 Å². The normalized spacial score (nSPS) is 10.2. The SMILES string of the molecule is CCCCC(=O)Oc1ccc(/C=C\C#N)cc1OC. The van der Waals surface area contributed by atoms with E-state index in [1.54, 1.807) is 24.3 Å². The van der Waals surface area contributed by atoms with Crippen LogP contribution in [0.3, 0.4) is 0 Å². The molecule has 100 valence electrons. The fourth-order valence-corrected chi connectivity index (χ4v) is 1.50. The molecule has 0 fully saturated rings. The fourth-order valence-electron chi connectivity index (χ4n) is 1.50. The molecule has 0 amide bonds. The van der Waals surface area contributed by atoms with Crippen molar-refractivity contribution in [2.45, 2.75) is 26.2 Å². The Bertz CT molecular complexity index is 501. The van der Waals surface area contributed by atoms with Crippen molar-refractivity contribution in [3.63, 3.8) is 0 Å². The number of methoxy groups -OCH3 is 1. The second kappa shape index (κ2) is 7.93. The van der Waals surface area contributed by atoms with Gasteiger partial charge in [-0.25, -0.2) is 0 Å². The number of carbonyl (C=O) groups is 1. The molecular formula is C15H17NO3. The van der Waals surface area contributed by atoms with Crippen LogP contribution in [0, 0.1) is 11.3 Å². The first-order chi connectivity index (χ1) is 9.21. The number of unbranched alkanes of at least 4 members (excludes halogenated alkanes) is 1. The van der Waals surface area contributed by atoms with Crippen molar-refractivity contribution >= 4 is 12.0 Å². The Morgan fingerprint density at radius 3 is 2.84 bits per heavy atom. The number of nitriles is 1. The van der Waals surface area contributed by atoms with Crippen LogP contribution >= 0.6 is 0 Å². The molecule has 0 atom stereocenters. The lowest BCUT2D eigenvalue weighted by molar-refractivity contribution is -0.134. The Hall–Kier alpha value is -2.28. The van der Waals surface area contributed by atoms with Crippen LogP contribution < -0.4 is 9.47 Å². The van der Waals surface area contributed by atoms with E-state index in [4.69, 9.17) is 14.7 Å². The second-order valence-electron chi connectivity index (χ2n) is 3.95. The first kappa shape index (κ1) is 14.8. The summed E-state index contributed by atoms with van der Waals surface area (Å²) in [4.78, 5) is 11.6. The maximum Gasteiger partial charge on any atom is 0.311 e. The van der Waals surface area contributed by atoms with Gasteiger partial charge in [-0.3, -0.25) is 4.79 Å². The molecule has 19 heavy (non-hydrogen) atoms. The van der Waals surface area contributed by atoms with Gasteiger partial charge >= 0.3 is 5.97 Å². The quantitative estimate of drug-likeness (QED) is 0.446. The standard InChI is InChI=1S/C15H17NO3/c1-3-4-7-15(17)19-13-9-8-12(6-5-10-16)11-14(13)18-2/h5-6,8-9,11H,3-4,7H2,1-2H3/b6-5-. The van der Waals surface area contributed by atoms with Crippen molar-refractivity contribution in [2.24, 2.45) is 0 Å². The predicted molar refractivity (Wildman–Crippen MR) is 72.8 cm³/mol. The molecule has 0 unspecified atom stereocenters. The van der Waals surface area contributed by atoms with Gasteiger partial charge < -0.3 is 9.47 Å². The molecule has 1 rings (SSSR count). The molecule has 0 spiro atoms. The zero-order valence-electron chi connectivity index (χ0n) is 11.2. The average Bonchev–Trinajstić information content (AvgIpc) is 2.43. The van der Waals surface area contributed by atoms with Crippen molar-refractivity contribution in [2.75, 3.05) is 7.11 Å². The number of ether oxygens (including phenoxy) is 2. The molecular weight excluding hydrogens is 242 g/mol. The molecule has 4 heteroatoms. The van der Waals surface area contributed by atoms with Crippen LogP contribution in [0.2, 0.25) is 0 Å². The Morgan fingerprint density at radius 2 is 2.21 bits per heavy atom. The number of esters is 1. The summed E-state index contributed by atoms with van der Waals surface area (Å²) in [5.41, 5.74) is 0.812. The van der Waals surface area contributed by atoms with Gasteiger partial charge in [0.1, 0.15) is 0 Å². The van der Waals surface area contributed by atoms with E-state index in [-0.39, 0.29) is 5.97 Å². The topological polar surface area (TPSA) is 59.3 Å². The van der Waals surface area contributed by atoms with Crippen LogP contribution in [0.4, 0.5) is 0 Å². The zero-order chi connectivity index (χ0) is 14.1. The van der Waals surface area contributed by atoms with E-state index in [1.807, 2.05) is 13.0 Å². The van der Waals surface area contributed by atoms with Crippen molar-refractivity contribution < 1.29 is 14.3 Å². The highest BCUT2D eigenvalue weighted by atomic mass is 16.6. The number of benzene rings is 1. The minimum atomic E-state index is -0.263. The van der Waals surface area contributed by atoms with Gasteiger partial charge in [0, 0.05) is 12.5 Å². The molecule has 0 saturated carbocycles. The van der Waals surface area contributed by atoms with Gasteiger partial charge in [-0.05, 0) is 30.2 Å². The smallest absolute Gasteiger partial charge is 0.311 e.